The number of aromatic hydroxyl groups is 2. The molecule has 0 radical (unpaired) electrons. The Kier molecular flexibility index (Phi) is 8.56. The van der Waals surface area contributed by atoms with Gasteiger partial charge in [-0.25, -0.2) is 9.59 Å². The summed E-state index contributed by atoms with van der Waals surface area (Å²) in [7, 11) is 1.21. The topological polar surface area (TPSA) is 134 Å². The Bertz CT molecular complexity index is 698. The van der Waals surface area contributed by atoms with Crippen LogP contribution in [0.4, 0.5) is 4.79 Å². The molecule has 156 valence electrons. The van der Waals surface area contributed by atoms with Crippen LogP contribution in [0.15, 0.2) is 18.2 Å². The van der Waals surface area contributed by atoms with Crippen molar-refractivity contribution in [2.45, 2.75) is 51.7 Å². The number of phenols is 2. The fourth-order valence-electron chi connectivity index (χ4n) is 2.29. The number of esters is 1. The van der Waals surface area contributed by atoms with E-state index < -0.39 is 23.7 Å². The third-order valence-corrected chi connectivity index (χ3v) is 3.55. The number of nitrogens with one attached hydrogen (secondary N) is 2. The molecule has 4 N–H and O–H groups in total. The molecule has 1 aromatic carbocycles. The van der Waals surface area contributed by atoms with Crippen LogP contribution < -0.4 is 10.6 Å². The minimum atomic E-state index is -0.944. The third kappa shape index (κ3) is 8.61. The van der Waals surface area contributed by atoms with Crippen LogP contribution in [0.25, 0.3) is 0 Å². The van der Waals surface area contributed by atoms with Crippen LogP contribution in [0, 0.1) is 0 Å². The highest BCUT2D eigenvalue weighted by atomic mass is 16.6. The van der Waals surface area contributed by atoms with Crippen LogP contribution in [-0.4, -0.2) is 53.5 Å². The number of ether oxygens (including phenoxy) is 2. The van der Waals surface area contributed by atoms with Gasteiger partial charge in [-0.15, -0.1) is 0 Å². The van der Waals surface area contributed by atoms with Gasteiger partial charge < -0.3 is 30.3 Å². The number of hydrogen-bond acceptors (Lipinski definition) is 7. The van der Waals surface area contributed by atoms with Crippen molar-refractivity contribution < 1.29 is 34.1 Å². The van der Waals surface area contributed by atoms with Crippen molar-refractivity contribution in [3.05, 3.63) is 23.8 Å². The predicted octanol–water partition coefficient (Wildman–Crippen LogP) is 1.60. The van der Waals surface area contributed by atoms with Gasteiger partial charge in [0, 0.05) is 19.4 Å². The summed E-state index contributed by atoms with van der Waals surface area (Å²) in [6, 6.07) is 3.19. The molecule has 0 aliphatic rings. The van der Waals surface area contributed by atoms with Gasteiger partial charge in [-0.05, 0) is 44.9 Å². The van der Waals surface area contributed by atoms with Crippen LogP contribution in [0.2, 0.25) is 0 Å². The zero-order chi connectivity index (χ0) is 21.3. The van der Waals surface area contributed by atoms with Gasteiger partial charge in [0.2, 0.25) is 5.91 Å². The molecule has 9 heteroatoms. The van der Waals surface area contributed by atoms with Crippen molar-refractivity contribution in [3.8, 4) is 11.5 Å². The molecule has 0 fully saturated rings. The number of benzene rings is 1. The Morgan fingerprint density at radius 2 is 1.82 bits per heavy atom. The van der Waals surface area contributed by atoms with E-state index in [0.717, 1.165) is 0 Å². The molecular weight excluding hydrogens is 368 g/mol. The quantitative estimate of drug-likeness (QED) is 0.298. The normalized spacial score (nSPS) is 12.0. The number of carbonyl (C=O) groups excluding carboxylic acids is 3. The van der Waals surface area contributed by atoms with Crippen LogP contribution in [0.3, 0.4) is 0 Å². The lowest BCUT2D eigenvalue weighted by Crippen LogP contribution is -2.43. The van der Waals surface area contributed by atoms with Gasteiger partial charge >= 0.3 is 12.1 Å². The summed E-state index contributed by atoms with van der Waals surface area (Å²) in [4.78, 5) is 35.6. The second-order valence-electron chi connectivity index (χ2n) is 7.20. The van der Waals surface area contributed by atoms with Gasteiger partial charge in [0.15, 0.2) is 11.5 Å². The summed E-state index contributed by atoms with van der Waals surface area (Å²) in [6.45, 7) is 5.50. The first-order chi connectivity index (χ1) is 13.0. The van der Waals surface area contributed by atoms with E-state index in [1.54, 1.807) is 20.8 Å². The van der Waals surface area contributed by atoms with E-state index in [4.69, 9.17) is 9.47 Å². The van der Waals surface area contributed by atoms with Gasteiger partial charge in [-0.3, -0.25) is 4.79 Å². The van der Waals surface area contributed by atoms with E-state index in [0.29, 0.717) is 12.0 Å². The number of hydrogen-bond donors (Lipinski definition) is 4. The molecule has 1 unspecified atom stereocenters. The fraction of sp³-hybridized carbons (Fsp3) is 0.526. The molecule has 0 aliphatic heterocycles. The van der Waals surface area contributed by atoms with Crippen LogP contribution in [0.1, 0.15) is 39.2 Å². The van der Waals surface area contributed by atoms with E-state index in [1.807, 2.05) is 0 Å². The summed E-state index contributed by atoms with van der Waals surface area (Å²) in [6.07, 6.45) is -0.0293. The van der Waals surface area contributed by atoms with Gasteiger partial charge in [-0.1, -0.05) is 6.07 Å². The molecule has 28 heavy (non-hydrogen) atoms. The summed E-state index contributed by atoms with van der Waals surface area (Å²) in [5.41, 5.74) is -0.0599. The molecule has 0 heterocycles. The van der Waals surface area contributed by atoms with Crippen molar-refractivity contribution in [3.63, 3.8) is 0 Å². The predicted molar refractivity (Wildman–Crippen MR) is 101 cm³/mol. The van der Waals surface area contributed by atoms with Crippen molar-refractivity contribution >= 4 is 18.0 Å². The van der Waals surface area contributed by atoms with Crippen molar-refractivity contribution in [1.82, 2.24) is 10.6 Å². The Labute approximate surface area is 164 Å². The second-order valence-corrected chi connectivity index (χ2v) is 7.20. The maximum Gasteiger partial charge on any atom is 0.407 e. The minimum absolute atomic E-state index is 0.0857. The zero-order valence-corrected chi connectivity index (χ0v) is 16.6. The molecule has 1 rings (SSSR count). The summed E-state index contributed by atoms with van der Waals surface area (Å²) >= 11 is 0. The molecular formula is C19H28N2O7. The first kappa shape index (κ1) is 23.1. The standard InChI is InChI=1S/C19H28N2O7/c1-19(2,3)28-18(26)20-9-5-6-16(24)21-13(17(25)27-4)10-12-7-8-14(22)15(23)11-12/h7-8,11,13,22-23H,5-6,9-10H2,1-4H3,(H,20,26)(H,21,24). The Morgan fingerprint density at radius 1 is 1.14 bits per heavy atom. The van der Waals surface area contributed by atoms with E-state index in [-0.39, 0.29) is 36.8 Å². The van der Waals surface area contributed by atoms with Crippen molar-refractivity contribution in [1.29, 1.82) is 0 Å². The van der Waals surface area contributed by atoms with E-state index >= 15 is 0 Å². The first-order valence-electron chi connectivity index (χ1n) is 8.86. The minimum Gasteiger partial charge on any atom is -0.504 e. The lowest BCUT2D eigenvalue weighted by atomic mass is 10.0. The molecule has 0 saturated carbocycles. The third-order valence-electron chi connectivity index (χ3n) is 3.55. The highest BCUT2D eigenvalue weighted by molar-refractivity contribution is 5.84. The number of phenolic OH excluding ortho intramolecular Hbond substituents is 2. The molecule has 1 aromatic rings. The maximum absolute atomic E-state index is 12.1. The summed E-state index contributed by atoms with van der Waals surface area (Å²) in [5, 5.41) is 24.0. The smallest absolute Gasteiger partial charge is 0.407 e. The Morgan fingerprint density at radius 3 is 2.39 bits per heavy atom. The molecule has 0 bridgehead atoms. The monoisotopic (exact) mass is 396 g/mol. The molecule has 1 atom stereocenters. The lowest BCUT2D eigenvalue weighted by Gasteiger charge is -2.19. The van der Waals surface area contributed by atoms with E-state index in [1.165, 1.54) is 25.3 Å². The van der Waals surface area contributed by atoms with Crippen LogP contribution in [-0.2, 0) is 25.5 Å². The van der Waals surface area contributed by atoms with Gasteiger partial charge in [0.05, 0.1) is 7.11 Å². The van der Waals surface area contributed by atoms with E-state index in [9.17, 15) is 24.6 Å². The molecule has 0 aromatic heterocycles. The molecule has 9 nitrogen and oxygen atoms in total. The van der Waals surface area contributed by atoms with Crippen molar-refractivity contribution in [2.75, 3.05) is 13.7 Å². The van der Waals surface area contributed by atoms with E-state index in [2.05, 4.69) is 10.6 Å². The highest BCUT2D eigenvalue weighted by Crippen LogP contribution is 2.25. The fourth-order valence-corrected chi connectivity index (χ4v) is 2.29. The SMILES string of the molecule is COC(=O)C(Cc1ccc(O)c(O)c1)NC(=O)CCCNC(=O)OC(C)(C)C. The second kappa shape index (κ2) is 10.4. The Balaban J connectivity index is 2.50. The summed E-state index contributed by atoms with van der Waals surface area (Å²) < 4.78 is 9.79. The molecule has 0 aliphatic carbocycles. The number of rotatable bonds is 8. The average Bonchev–Trinajstić information content (AvgIpc) is 2.59. The molecule has 0 saturated heterocycles. The molecule has 2 amide bonds. The largest absolute Gasteiger partial charge is 0.504 e. The first-order valence-corrected chi connectivity index (χ1v) is 8.86. The van der Waals surface area contributed by atoms with Crippen molar-refractivity contribution in [2.24, 2.45) is 0 Å². The Hall–Kier alpha value is -2.97. The van der Waals surface area contributed by atoms with Gasteiger partial charge in [0.1, 0.15) is 11.6 Å². The lowest BCUT2D eigenvalue weighted by molar-refractivity contribution is -0.145. The number of alkyl carbamates (subject to hydrolysis) is 1. The van der Waals surface area contributed by atoms with Gasteiger partial charge in [-0.2, -0.15) is 0 Å². The number of methoxy groups -OCH3 is 1. The number of amides is 2. The molecule has 0 spiro atoms. The summed E-state index contributed by atoms with van der Waals surface area (Å²) in [5.74, 6) is -1.61. The highest BCUT2D eigenvalue weighted by Gasteiger charge is 2.22. The number of carbonyl (C=O) groups is 3. The average molecular weight is 396 g/mol. The van der Waals surface area contributed by atoms with Crippen LogP contribution >= 0.6 is 0 Å². The maximum atomic E-state index is 12.1. The van der Waals surface area contributed by atoms with Crippen LogP contribution in [0.5, 0.6) is 11.5 Å². The zero-order valence-electron chi connectivity index (χ0n) is 16.6. The van der Waals surface area contributed by atoms with Gasteiger partial charge in [0.25, 0.3) is 0 Å².